The summed E-state index contributed by atoms with van der Waals surface area (Å²) in [6.45, 7) is 2.23. The molecule has 2 rings (SSSR count). The number of furan rings is 1. The number of hydrogen-bond acceptors (Lipinski definition) is 4. The zero-order valence-electron chi connectivity index (χ0n) is 8.59. The molecule has 0 aliphatic carbocycles. The van der Waals surface area contributed by atoms with Gasteiger partial charge in [-0.1, -0.05) is 0 Å². The van der Waals surface area contributed by atoms with Crippen LogP contribution in [0.3, 0.4) is 0 Å². The van der Waals surface area contributed by atoms with Gasteiger partial charge in [0.1, 0.15) is 5.76 Å². The monoisotopic (exact) mass is 228 g/mol. The van der Waals surface area contributed by atoms with Crippen LogP contribution in [0.5, 0.6) is 0 Å². The molecule has 0 radical (unpaired) electrons. The van der Waals surface area contributed by atoms with Gasteiger partial charge < -0.3 is 10.2 Å². The maximum Gasteiger partial charge on any atom is 0.122 e. The standard InChI is InChI=1S/C10H16N2O2S/c11-8-9(10-2-1-5-14-10)12-3-6-15(13)7-4-12/h1-2,5,9H,3-4,6-8,11H2. The van der Waals surface area contributed by atoms with Crippen molar-refractivity contribution in [1.29, 1.82) is 0 Å². The van der Waals surface area contributed by atoms with Gasteiger partial charge in [0.25, 0.3) is 0 Å². The number of rotatable bonds is 3. The summed E-state index contributed by atoms with van der Waals surface area (Å²) in [5, 5.41) is 0. The Morgan fingerprint density at radius 1 is 1.53 bits per heavy atom. The summed E-state index contributed by atoms with van der Waals surface area (Å²) in [5.74, 6) is 2.40. The lowest BCUT2D eigenvalue weighted by atomic mass is 10.2. The van der Waals surface area contributed by atoms with E-state index in [1.54, 1.807) is 6.26 Å². The van der Waals surface area contributed by atoms with Crippen LogP contribution < -0.4 is 5.73 Å². The molecule has 0 aromatic carbocycles. The Morgan fingerprint density at radius 3 is 2.80 bits per heavy atom. The van der Waals surface area contributed by atoms with E-state index < -0.39 is 10.8 Å². The SMILES string of the molecule is NCC(c1ccco1)N1CCS(=O)CC1. The summed E-state index contributed by atoms with van der Waals surface area (Å²) in [6.07, 6.45) is 1.67. The summed E-state index contributed by atoms with van der Waals surface area (Å²) < 4.78 is 16.6. The lowest BCUT2D eigenvalue weighted by Gasteiger charge is -2.32. The zero-order chi connectivity index (χ0) is 10.7. The molecule has 1 aliphatic rings. The van der Waals surface area contributed by atoms with Crippen LogP contribution in [0, 0.1) is 0 Å². The van der Waals surface area contributed by atoms with Gasteiger partial charge in [0.2, 0.25) is 0 Å². The first-order chi connectivity index (χ1) is 7.31. The molecule has 0 bridgehead atoms. The molecule has 1 aromatic heterocycles. The minimum Gasteiger partial charge on any atom is -0.468 e. The van der Waals surface area contributed by atoms with E-state index in [1.807, 2.05) is 12.1 Å². The van der Waals surface area contributed by atoms with Crippen molar-refractivity contribution in [3.63, 3.8) is 0 Å². The molecule has 1 saturated heterocycles. The Labute approximate surface area is 91.9 Å². The summed E-state index contributed by atoms with van der Waals surface area (Å²) >= 11 is 0. The molecular weight excluding hydrogens is 212 g/mol. The lowest BCUT2D eigenvalue weighted by Crippen LogP contribution is -2.42. The first kappa shape index (κ1) is 10.9. The average molecular weight is 228 g/mol. The van der Waals surface area contributed by atoms with Gasteiger partial charge in [-0.2, -0.15) is 0 Å². The molecule has 84 valence electrons. The van der Waals surface area contributed by atoms with E-state index in [-0.39, 0.29) is 6.04 Å². The van der Waals surface area contributed by atoms with Crippen molar-refractivity contribution in [1.82, 2.24) is 4.90 Å². The molecule has 1 aromatic rings. The fourth-order valence-corrected chi connectivity index (χ4v) is 2.97. The molecule has 0 saturated carbocycles. The number of nitrogens with two attached hydrogens (primary N) is 1. The first-order valence-electron chi connectivity index (χ1n) is 5.14. The fraction of sp³-hybridized carbons (Fsp3) is 0.600. The van der Waals surface area contributed by atoms with E-state index in [0.29, 0.717) is 6.54 Å². The normalized spacial score (nSPS) is 21.7. The molecule has 15 heavy (non-hydrogen) atoms. The van der Waals surface area contributed by atoms with E-state index in [4.69, 9.17) is 10.2 Å². The van der Waals surface area contributed by atoms with Gasteiger partial charge in [-0.15, -0.1) is 0 Å². The van der Waals surface area contributed by atoms with Crippen molar-refractivity contribution in [2.24, 2.45) is 5.73 Å². The summed E-state index contributed by atoms with van der Waals surface area (Å²) in [7, 11) is -0.639. The van der Waals surface area contributed by atoms with E-state index in [2.05, 4.69) is 4.90 Å². The Kier molecular flexibility index (Phi) is 3.56. The molecule has 4 nitrogen and oxygen atoms in total. The van der Waals surface area contributed by atoms with Gasteiger partial charge in [0.05, 0.1) is 12.3 Å². The highest BCUT2D eigenvalue weighted by molar-refractivity contribution is 7.85. The van der Waals surface area contributed by atoms with Crippen molar-refractivity contribution >= 4 is 10.8 Å². The van der Waals surface area contributed by atoms with Crippen LogP contribution in [0.4, 0.5) is 0 Å². The minimum atomic E-state index is -0.639. The molecule has 1 fully saturated rings. The average Bonchev–Trinajstić information content (AvgIpc) is 2.75. The van der Waals surface area contributed by atoms with Crippen LogP contribution in [0.2, 0.25) is 0 Å². The summed E-state index contributed by atoms with van der Waals surface area (Å²) in [5.41, 5.74) is 5.75. The van der Waals surface area contributed by atoms with Crippen LogP contribution in [0.25, 0.3) is 0 Å². The predicted octanol–water partition coefficient (Wildman–Crippen LogP) is 0.344. The van der Waals surface area contributed by atoms with Crippen molar-refractivity contribution in [2.75, 3.05) is 31.1 Å². The summed E-state index contributed by atoms with van der Waals surface area (Å²) in [6, 6.07) is 3.96. The minimum absolute atomic E-state index is 0.136. The zero-order valence-corrected chi connectivity index (χ0v) is 9.41. The van der Waals surface area contributed by atoms with Crippen molar-refractivity contribution in [2.45, 2.75) is 6.04 Å². The Balaban J connectivity index is 2.04. The largest absolute Gasteiger partial charge is 0.468 e. The van der Waals surface area contributed by atoms with E-state index >= 15 is 0 Å². The quantitative estimate of drug-likeness (QED) is 0.810. The predicted molar refractivity (Wildman–Crippen MR) is 60.0 cm³/mol. The van der Waals surface area contributed by atoms with Gasteiger partial charge in [0, 0.05) is 41.9 Å². The van der Waals surface area contributed by atoms with Gasteiger partial charge >= 0.3 is 0 Å². The molecular formula is C10H16N2O2S. The fourth-order valence-electron chi connectivity index (χ4n) is 1.89. The third-order valence-corrected chi connectivity index (χ3v) is 4.02. The third-order valence-electron chi connectivity index (χ3n) is 2.75. The lowest BCUT2D eigenvalue weighted by molar-refractivity contribution is 0.195. The maximum atomic E-state index is 11.2. The van der Waals surface area contributed by atoms with Crippen molar-refractivity contribution < 1.29 is 8.63 Å². The Bertz CT molecular complexity index is 316. The van der Waals surface area contributed by atoms with E-state index in [0.717, 1.165) is 30.4 Å². The van der Waals surface area contributed by atoms with Crippen LogP contribution in [0.15, 0.2) is 22.8 Å². The topological polar surface area (TPSA) is 59.5 Å². The highest BCUT2D eigenvalue weighted by Gasteiger charge is 2.24. The molecule has 2 heterocycles. The van der Waals surface area contributed by atoms with Crippen LogP contribution >= 0.6 is 0 Å². The second-order valence-electron chi connectivity index (χ2n) is 3.65. The molecule has 0 spiro atoms. The second-order valence-corrected chi connectivity index (χ2v) is 5.35. The highest BCUT2D eigenvalue weighted by atomic mass is 32.2. The Morgan fingerprint density at radius 2 is 2.27 bits per heavy atom. The van der Waals surface area contributed by atoms with Gasteiger partial charge in [-0.3, -0.25) is 9.11 Å². The van der Waals surface area contributed by atoms with Crippen molar-refractivity contribution in [3.8, 4) is 0 Å². The van der Waals surface area contributed by atoms with Gasteiger partial charge in [-0.05, 0) is 12.1 Å². The smallest absolute Gasteiger partial charge is 0.122 e. The first-order valence-corrected chi connectivity index (χ1v) is 6.62. The number of hydrogen-bond donors (Lipinski definition) is 1. The van der Waals surface area contributed by atoms with Gasteiger partial charge in [-0.25, -0.2) is 0 Å². The van der Waals surface area contributed by atoms with E-state index in [1.165, 1.54) is 0 Å². The van der Waals surface area contributed by atoms with Gasteiger partial charge in [0.15, 0.2) is 0 Å². The molecule has 5 heteroatoms. The van der Waals surface area contributed by atoms with Crippen LogP contribution in [-0.2, 0) is 10.8 Å². The summed E-state index contributed by atoms with van der Waals surface area (Å²) in [4.78, 5) is 2.25. The highest BCUT2D eigenvalue weighted by Crippen LogP contribution is 2.21. The van der Waals surface area contributed by atoms with Crippen molar-refractivity contribution in [3.05, 3.63) is 24.2 Å². The Hall–Kier alpha value is -0.650. The van der Waals surface area contributed by atoms with Crippen LogP contribution in [-0.4, -0.2) is 40.2 Å². The second kappa shape index (κ2) is 4.92. The number of nitrogens with zero attached hydrogens (tertiary/aromatic N) is 1. The molecule has 1 aliphatic heterocycles. The third kappa shape index (κ3) is 2.48. The molecule has 0 amide bonds. The van der Waals surface area contributed by atoms with E-state index in [9.17, 15) is 4.21 Å². The van der Waals surface area contributed by atoms with Crippen LogP contribution in [0.1, 0.15) is 11.8 Å². The molecule has 1 atom stereocenters. The maximum absolute atomic E-state index is 11.2. The molecule has 2 N–H and O–H groups in total. The molecule has 1 unspecified atom stereocenters.